The van der Waals surface area contributed by atoms with E-state index in [1.54, 1.807) is 0 Å². The summed E-state index contributed by atoms with van der Waals surface area (Å²) in [6.45, 7) is 0. The second-order valence-electron chi connectivity index (χ2n) is 2.38. The van der Waals surface area contributed by atoms with Gasteiger partial charge in [-0.2, -0.15) is 5.10 Å². The van der Waals surface area contributed by atoms with Crippen LogP contribution in [0.5, 0.6) is 0 Å². The van der Waals surface area contributed by atoms with E-state index < -0.39 is 0 Å². The van der Waals surface area contributed by atoms with Gasteiger partial charge in [0.1, 0.15) is 11.7 Å². The summed E-state index contributed by atoms with van der Waals surface area (Å²) in [5.41, 5.74) is 2.72. The SMILES string of the molecule is O=C1NN=C2C=C(F)C=CC12. The Labute approximate surface area is 62.3 Å². The summed E-state index contributed by atoms with van der Waals surface area (Å²) in [6.07, 6.45) is 4.02. The molecule has 1 aliphatic carbocycles. The Bertz CT molecular complexity index is 304. The standard InChI is InChI=1S/C7H5FN2O/c8-4-1-2-5-6(3-4)9-10-7(5)11/h1-3,5H,(H,10,11). The molecule has 0 spiro atoms. The van der Waals surface area contributed by atoms with E-state index in [2.05, 4.69) is 10.5 Å². The van der Waals surface area contributed by atoms with E-state index in [-0.39, 0.29) is 17.7 Å². The fourth-order valence-electron chi connectivity index (χ4n) is 1.08. The predicted molar refractivity (Wildman–Crippen MR) is 37.4 cm³/mol. The van der Waals surface area contributed by atoms with E-state index in [1.807, 2.05) is 0 Å². The maximum Gasteiger partial charge on any atom is 0.253 e. The normalized spacial score (nSPS) is 27.4. The third-order valence-electron chi connectivity index (χ3n) is 1.63. The van der Waals surface area contributed by atoms with Gasteiger partial charge in [0.15, 0.2) is 0 Å². The number of fused-ring (bicyclic) bond motifs is 1. The average Bonchev–Trinajstić information content (AvgIpc) is 2.32. The molecule has 56 valence electrons. The molecule has 1 amide bonds. The molecule has 0 aromatic rings. The summed E-state index contributed by atoms with van der Waals surface area (Å²) in [5, 5.41) is 3.64. The smallest absolute Gasteiger partial charge is 0.253 e. The van der Waals surface area contributed by atoms with Crippen LogP contribution in [0.2, 0.25) is 0 Å². The van der Waals surface area contributed by atoms with Crippen molar-refractivity contribution in [3.05, 3.63) is 24.1 Å². The van der Waals surface area contributed by atoms with Crippen molar-refractivity contribution < 1.29 is 9.18 Å². The molecule has 11 heavy (non-hydrogen) atoms. The lowest BCUT2D eigenvalue weighted by atomic mass is 9.99. The van der Waals surface area contributed by atoms with E-state index in [1.165, 1.54) is 18.2 Å². The fraction of sp³-hybridized carbons (Fsp3) is 0.143. The van der Waals surface area contributed by atoms with E-state index >= 15 is 0 Å². The summed E-state index contributed by atoms with van der Waals surface area (Å²) < 4.78 is 12.5. The minimum Gasteiger partial charge on any atom is -0.272 e. The molecule has 1 aliphatic heterocycles. The lowest BCUT2D eigenvalue weighted by Gasteiger charge is -2.04. The molecule has 1 heterocycles. The third kappa shape index (κ3) is 0.869. The number of allylic oxidation sites excluding steroid dienone is 3. The van der Waals surface area contributed by atoms with Crippen molar-refractivity contribution in [1.82, 2.24) is 5.43 Å². The van der Waals surface area contributed by atoms with Crippen LogP contribution in [-0.2, 0) is 4.79 Å². The maximum atomic E-state index is 12.5. The van der Waals surface area contributed by atoms with Crippen LogP contribution >= 0.6 is 0 Å². The molecule has 2 rings (SSSR count). The van der Waals surface area contributed by atoms with Crippen molar-refractivity contribution in [3.63, 3.8) is 0 Å². The Balaban J connectivity index is 2.38. The van der Waals surface area contributed by atoms with Gasteiger partial charge in [-0.15, -0.1) is 0 Å². The van der Waals surface area contributed by atoms with Crippen molar-refractivity contribution in [1.29, 1.82) is 0 Å². The molecule has 2 aliphatic rings. The summed E-state index contributed by atoms with van der Waals surface area (Å²) in [6, 6.07) is 0. The molecule has 0 radical (unpaired) electrons. The van der Waals surface area contributed by atoms with Gasteiger partial charge in [0.05, 0.1) is 5.71 Å². The van der Waals surface area contributed by atoms with Crippen molar-refractivity contribution >= 4 is 11.6 Å². The highest BCUT2D eigenvalue weighted by molar-refractivity contribution is 6.15. The summed E-state index contributed by atoms with van der Waals surface area (Å²) in [5.74, 6) is -0.939. The van der Waals surface area contributed by atoms with Gasteiger partial charge in [-0.25, -0.2) is 9.82 Å². The minimum absolute atomic E-state index is 0.194. The number of hydrogen-bond donors (Lipinski definition) is 1. The molecule has 1 unspecified atom stereocenters. The number of nitrogens with zero attached hydrogens (tertiary/aromatic N) is 1. The van der Waals surface area contributed by atoms with Gasteiger partial charge in [-0.05, 0) is 12.2 Å². The van der Waals surface area contributed by atoms with Gasteiger partial charge >= 0.3 is 0 Å². The van der Waals surface area contributed by atoms with Crippen LogP contribution in [0.1, 0.15) is 0 Å². The first-order valence-corrected chi connectivity index (χ1v) is 3.20. The van der Waals surface area contributed by atoms with Gasteiger partial charge in [0, 0.05) is 0 Å². The Hall–Kier alpha value is -1.45. The van der Waals surface area contributed by atoms with Crippen LogP contribution in [0.25, 0.3) is 0 Å². The van der Waals surface area contributed by atoms with Crippen LogP contribution in [0.4, 0.5) is 4.39 Å². The van der Waals surface area contributed by atoms with Gasteiger partial charge in [0.25, 0.3) is 5.91 Å². The molecule has 1 atom stereocenters. The van der Waals surface area contributed by atoms with Crippen LogP contribution in [0.3, 0.4) is 0 Å². The Kier molecular flexibility index (Phi) is 1.15. The molecule has 3 nitrogen and oxygen atoms in total. The van der Waals surface area contributed by atoms with Crippen molar-refractivity contribution in [2.45, 2.75) is 0 Å². The molecule has 0 aromatic heterocycles. The molecular weight excluding hydrogens is 147 g/mol. The van der Waals surface area contributed by atoms with Crippen molar-refractivity contribution in [2.75, 3.05) is 0 Å². The van der Waals surface area contributed by atoms with Gasteiger partial charge in [-0.1, -0.05) is 6.08 Å². The second kappa shape index (κ2) is 2.02. The highest BCUT2D eigenvalue weighted by Crippen LogP contribution is 2.18. The molecular formula is C7H5FN2O. The first-order valence-electron chi connectivity index (χ1n) is 3.20. The number of hydrogen-bond acceptors (Lipinski definition) is 2. The fourth-order valence-corrected chi connectivity index (χ4v) is 1.08. The van der Waals surface area contributed by atoms with Crippen LogP contribution in [0, 0.1) is 5.92 Å². The van der Waals surface area contributed by atoms with Crippen molar-refractivity contribution in [2.24, 2.45) is 11.0 Å². The van der Waals surface area contributed by atoms with Crippen LogP contribution in [0.15, 0.2) is 29.2 Å². The second-order valence-corrected chi connectivity index (χ2v) is 2.38. The minimum atomic E-state index is -0.380. The number of hydrazone groups is 1. The zero-order valence-corrected chi connectivity index (χ0v) is 5.54. The quantitative estimate of drug-likeness (QED) is 0.540. The summed E-state index contributed by atoms with van der Waals surface area (Å²) >= 11 is 0. The largest absolute Gasteiger partial charge is 0.272 e. The lowest BCUT2D eigenvalue weighted by molar-refractivity contribution is -0.121. The molecule has 0 saturated heterocycles. The number of carbonyl (C=O) groups excluding carboxylic acids is 1. The molecule has 0 aromatic carbocycles. The molecule has 1 N–H and O–H groups in total. The number of rotatable bonds is 0. The Morgan fingerprint density at radius 1 is 1.64 bits per heavy atom. The monoisotopic (exact) mass is 152 g/mol. The summed E-state index contributed by atoms with van der Waals surface area (Å²) in [4.78, 5) is 10.9. The average molecular weight is 152 g/mol. The van der Waals surface area contributed by atoms with E-state index in [0.717, 1.165) is 0 Å². The highest BCUT2D eigenvalue weighted by atomic mass is 19.1. The first kappa shape index (κ1) is 6.27. The molecule has 0 bridgehead atoms. The number of carbonyl (C=O) groups is 1. The Morgan fingerprint density at radius 2 is 2.45 bits per heavy atom. The van der Waals surface area contributed by atoms with Gasteiger partial charge in [-0.3, -0.25) is 4.79 Å². The zero-order chi connectivity index (χ0) is 7.84. The van der Waals surface area contributed by atoms with Crippen molar-refractivity contribution in [3.8, 4) is 0 Å². The zero-order valence-electron chi connectivity index (χ0n) is 5.54. The molecule has 0 fully saturated rings. The van der Waals surface area contributed by atoms with E-state index in [4.69, 9.17) is 0 Å². The van der Waals surface area contributed by atoms with Crippen LogP contribution in [-0.4, -0.2) is 11.6 Å². The van der Waals surface area contributed by atoms with Crippen LogP contribution < -0.4 is 5.43 Å². The number of amides is 1. The number of nitrogens with one attached hydrogen (secondary N) is 1. The van der Waals surface area contributed by atoms with Gasteiger partial charge < -0.3 is 0 Å². The lowest BCUT2D eigenvalue weighted by Crippen LogP contribution is -2.21. The molecule has 0 saturated carbocycles. The first-order chi connectivity index (χ1) is 5.27. The molecule has 4 heteroatoms. The van der Waals surface area contributed by atoms with E-state index in [9.17, 15) is 9.18 Å². The number of halogens is 1. The van der Waals surface area contributed by atoms with E-state index in [0.29, 0.717) is 5.71 Å². The van der Waals surface area contributed by atoms with Gasteiger partial charge in [0.2, 0.25) is 0 Å². The maximum absolute atomic E-state index is 12.5. The Morgan fingerprint density at radius 3 is 3.27 bits per heavy atom. The topological polar surface area (TPSA) is 41.5 Å². The third-order valence-corrected chi connectivity index (χ3v) is 1.63. The summed E-state index contributed by atoms with van der Waals surface area (Å²) in [7, 11) is 0. The highest BCUT2D eigenvalue weighted by Gasteiger charge is 2.28. The predicted octanol–water partition coefficient (Wildman–Crippen LogP) is 0.512.